The van der Waals surface area contributed by atoms with Crippen LogP contribution in [0.25, 0.3) is 11.6 Å². The summed E-state index contributed by atoms with van der Waals surface area (Å²) in [7, 11) is 0. The van der Waals surface area contributed by atoms with Gasteiger partial charge in [0.25, 0.3) is 0 Å². The summed E-state index contributed by atoms with van der Waals surface area (Å²) in [5.41, 5.74) is 2.21. The van der Waals surface area contributed by atoms with E-state index in [1.54, 1.807) is 6.08 Å². The molecule has 0 aliphatic carbocycles. The van der Waals surface area contributed by atoms with Crippen molar-refractivity contribution in [1.29, 1.82) is 5.26 Å². The highest BCUT2D eigenvalue weighted by Crippen LogP contribution is 2.36. The molecule has 2 aromatic carbocycles. The molecule has 5 nitrogen and oxygen atoms in total. The number of nitriles is 1. The van der Waals surface area contributed by atoms with Crippen molar-refractivity contribution in [3.63, 3.8) is 0 Å². The first-order valence-corrected chi connectivity index (χ1v) is 7.07. The summed E-state index contributed by atoms with van der Waals surface area (Å²) in [6.45, 7) is 1.94. The molecule has 0 aromatic heterocycles. The number of halogens is 1. The van der Waals surface area contributed by atoms with Crippen LogP contribution in [0.15, 0.2) is 40.9 Å². The number of nitro groups is 1. The number of benzene rings is 2. The maximum absolute atomic E-state index is 10.9. The molecule has 1 N–H and O–H groups in total. The standard InChI is InChI=1S/C16H11BrN2O3/c1-10-2-4-12(5-3-10)13(9-18)6-11-7-14(17)16(20)15(8-11)19(21)22/h2-8,20H,1H3/b13-6-. The second-order valence-electron chi connectivity index (χ2n) is 4.66. The number of rotatable bonds is 3. The summed E-state index contributed by atoms with van der Waals surface area (Å²) in [6, 6.07) is 12.2. The van der Waals surface area contributed by atoms with Crippen LogP contribution in [0.4, 0.5) is 5.69 Å². The van der Waals surface area contributed by atoms with Gasteiger partial charge in [0.05, 0.1) is 21.0 Å². The SMILES string of the molecule is Cc1ccc(/C(C#N)=C\c2cc(Br)c(O)c([N+](=O)[O-])c2)cc1. The topological polar surface area (TPSA) is 87.2 Å². The first-order chi connectivity index (χ1) is 10.4. The van der Waals surface area contributed by atoms with Gasteiger partial charge in [-0.15, -0.1) is 0 Å². The Morgan fingerprint density at radius 3 is 2.55 bits per heavy atom. The molecule has 0 amide bonds. The summed E-state index contributed by atoms with van der Waals surface area (Å²) in [5.74, 6) is -0.434. The molecule has 2 aromatic rings. The molecular weight excluding hydrogens is 348 g/mol. The fourth-order valence-electron chi connectivity index (χ4n) is 1.91. The Labute approximate surface area is 135 Å². The predicted octanol–water partition coefficient (Wildman–Crippen LogP) is 4.44. The van der Waals surface area contributed by atoms with E-state index in [0.717, 1.165) is 11.1 Å². The van der Waals surface area contributed by atoms with Gasteiger partial charge in [-0.2, -0.15) is 5.26 Å². The van der Waals surface area contributed by atoms with E-state index in [2.05, 4.69) is 22.0 Å². The predicted molar refractivity (Wildman–Crippen MR) is 87.1 cm³/mol. The quantitative estimate of drug-likeness (QED) is 0.380. The van der Waals surface area contributed by atoms with Crippen molar-refractivity contribution in [2.75, 3.05) is 0 Å². The summed E-state index contributed by atoms with van der Waals surface area (Å²) in [6.07, 6.45) is 1.54. The van der Waals surface area contributed by atoms with Crippen LogP contribution in [-0.4, -0.2) is 10.0 Å². The number of hydrogen-bond acceptors (Lipinski definition) is 4. The molecule has 0 aliphatic heterocycles. The van der Waals surface area contributed by atoms with Gasteiger partial charge in [-0.25, -0.2) is 0 Å². The van der Waals surface area contributed by atoms with Gasteiger partial charge in [0, 0.05) is 6.07 Å². The highest BCUT2D eigenvalue weighted by atomic mass is 79.9. The van der Waals surface area contributed by atoms with Crippen LogP contribution in [0.1, 0.15) is 16.7 Å². The molecule has 0 radical (unpaired) electrons. The van der Waals surface area contributed by atoms with Crippen molar-refractivity contribution >= 4 is 33.3 Å². The molecule has 0 bridgehead atoms. The number of aryl methyl sites for hydroxylation is 1. The Morgan fingerprint density at radius 1 is 1.36 bits per heavy atom. The van der Waals surface area contributed by atoms with Gasteiger partial charge in [-0.05, 0) is 46.1 Å². The van der Waals surface area contributed by atoms with E-state index in [-0.39, 0.29) is 4.47 Å². The molecule has 22 heavy (non-hydrogen) atoms. The van der Waals surface area contributed by atoms with Crippen LogP contribution in [0, 0.1) is 28.4 Å². The second-order valence-corrected chi connectivity index (χ2v) is 5.52. The normalized spacial score (nSPS) is 11.0. The van der Waals surface area contributed by atoms with E-state index in [9.17, 15) is 20.5 Å². The monoisotopic (exact) mass is 358 g/mol. The fraction of sp³-hybridized carbons (Fsp3) is 0.0625. The number of phenols is 1. The van der Waals surface area contributed by atoms with Crippen LogP contribution < -0.4 is 0 Å². The number of phenolic OH excluding ortho intramolecular Hbond substituents is 1. The Balaban J connectivity index is 2.53. The Kier molecular flexibility index (Phi) is 4.59. The molecule has 0 unspecified atom stereocenters. The smallest absolute Gasteiger partial charge is 0.312 e. The fourth-order valence-corrected chi connectivity index (χ4v) is 2.37. The van der Waals surface area contributed by atoms with Crippen molar-refractivity contribution in [3.05, 3.63) is 67.7 Å². The van der Waals surface area contributed by atoms with Gasteiger partial charge in [-0.1, -0.05) is 29.8 Å². The molecule has 0 atom stereocenters. The van der Waals surface area contributed by atoms with Crippen LogP contribution in [0.3, 0.4) is 0 Å². The average molecular weight is 359 g/mol. The zero-order chi connectivity index (χ0) is 16.3. The lowest BCUT2D eigenvalue weighted by molar-refractivity contribution is -0.386. The summed E-state index contributed by atoms with van der Waals surface area (Å²) in [4.78, 5) is 10.3. The molecular formula is C16H11BrN2O3. The van der Waals surface area contributed by atoms with Gasteiger partial charge in [0.15, 0.2) is 0 Å². The Hall–Kier alpha value is -2.65. The minimum atomic E-state index is -0.671. The number of aromatic hydroxyl groups is 1. The lowest BCUT2D eigenvalue weighted by Gasteiger charge is -2.03. The molecule has 2 rings (SSSR count). The van der Waals surface area contributed by atoms with Crippen LogP contribution in [-0.2, 0) is 0 Å². The summed E-state index contributed by atoms with van der Waals surface area (Å²) in [5, 5.41) is 29.9. The first-order valence-electron chi connectivity index (χ1n) is 6.28. The van der Waals surface area contributed by atoms with E-state index in [0.29, 0.717) is 11.1 Å². The van der Waals surface area contributed by atoms with E-state index in [1.165, 1.54) is 12.1 Å². The van der Waals surface area contributed by atoms with Gasteiger partial charge in [-0.3, -0.25) is 10.1 Å². The largest absolute Gasteiger partial charge is 0.501 e. The number of allylic oxidation sites excluding steroid dienone is 1. The second kappa shape index (κ2) is 6.41. The van der Waals surface area contributed by atoms with Crippen molar-refractivity contribution in [2.24, 2.45) is 0 Å². The first kappa shape index (κ1) is 15.7. The minimum Gasteiger partial charge on any atom is -0.501 e. The third-order valence-corrected chi connectivity index (χ3v) is 3.66. The Bertz CT molecular complexity index is 805. The zero-order valence-electron chi connectivity index (χ0n) is 11.6. The average Bonchev–Trinajstić information content (AvgIpc) is 2.49. The van der Waals surface area contributed by atoms with Crippen molar-refractivity contribution in [1.82, 2.24) is 0 Å². The van der Waals surface area contributed by atoms with Crippen LogP contribution in [0.2, 0.25) is 0 Å². The third kappa shape index (κ3) is 3.32. The van der Waals surface area contributed by atoms with Crippen LogP contribution >= 0.6 is 15.9 Å². The van der Waals surface area contributed by atoms with Gasteiger partial charge >= 0.3 is 5.69 Å². The zero-order valence-corrected chi connectivity index (χ0v) is 13.2. The highest BCUT2D eigenvalue weighted by Gasteiger charge is 2.17. The third-order valence-electron chi connectivity index (χ3n) is 3.06. The summed E-state index contributed by atoms with van der Waals surface area (Å²) < 4.78 is 0.203. The number of nitrogens with zero attached hydrogens (tertiary/aromatic N) is 2. The van der Waals surface area contributed by atoms with E-state index < -0.39 is 16.4 Å². The van der Waals surface area contributed by atoms with Gasteiger partial charge in [0.2, 0.25) is 5.75 Å². The highest BCUT2D eigenvalue weighted by molar-refractivity contribution is 9.10. The van der Waals surface area contributed by atoms with Gasteiger partial charge < -0.3 is 5.11 Å². The lowest BCUT2D eigenvalue weighted by atomic mass is 10.0. The van der Waals surface area contributed by atoms with Crippen LogP contribution in [0.5, 0.6) is 5.75 Å². The van der Waals surface area contributed by atoms with E-state index in [1.807, 2.05) is 31.2 Å². The van der Waals surface area contributed by atoms with E-state index >= 15 is 0 Å². The molecule has 6 heteroatoms. The van der Waals surface area contributed by atoms with Crippen molar-refractivity contribution in [2.45, 2.75) is 6.92 Å². The summed E-state index contributed by atoms with van der Waals surface area (Å²) >= 11 is 3.08. The number of nitro benzene ring substituents is 1. The lowest BCUT2D eigenvalue weighted by Crippen LogP contribution is -1.91. The maximum atomic E-state index is 10.9. The molecule has 0 saturated carbocycles. The molecule has 0 saturated heterocycles. The number of hydrogen-bond donors (Lipinski definition) is 1. The minimum absolute atomic E-state index is 0.203. The molecule has 0 fully saturated rings. The molecule has 0 heterocycles. The Morgan fingerprint density at radius 2 is 2.00 bits per heavy atom. The van der Waals surface area contributed by atoms with Crippen molar-refractivity contribution < 1.29 is 10.0 Å². The molecule has 0 spiro atoms. The van der Waals surface area contributed by atoms with Gasteiger partial charge in [0.1, 0.15) is 0 Å². The maximum Gasteiger partial charge on any atom is 0.312 e. The van der Waals surface area contributed by atoms with E-state index in [4.69, 9.17) is 0 Å². The molecule has 110 valence electrons. The molecule has 0 aliphatic rings. The van der Waals surface area contributed by atoms with Crippen molar-refractivity contribution in [3.8, 4) is 11.8 Å².